The second-order valence-corrected chi connectivity index (χ2v) is 5.50. The van der Waals surface area contributed by atoms with Crippen LogP contribution in [0, 0.1) is 0 Å². The smallest absolute Gasteiger partial charge is 0.253 e. The predicted octanol–water partition coefficient (Wildman–Crippen LogP) is 1.38. The molecule has 0 aliphatic carbocycles. The lowest BCUT2D eigenvalue weighted by molar-refractivity contribution is 0.0654. The minimum Gasteiger partial charge on any atom is -0.392 e. The third-order valence-electron chi connectivity index (χ3n) is 3.13. The van der Waals surface area contributed by atoms with Crippen LogP contribution in [-0.4, -0.2) is 53.4 Å². The first-order valence-corrected chi connectivity index (χ1v) is 6.90. The Labute approximate surface area is 123 Å². The molecule has 1 amide bonds. The Morgan fingerprint density at radius 1 is 1.21 bits per heavy atom. The maximum atomic E-state index is 12.3. The molecule has 1 saturated heterocycles. The molecule has 0 radical (unpaired) electrons. The van der Waals surface area contributed by atoms with Gasteiger partial charge >= 0.3 is 0 Å². The van der Waals surface area contributed by atoms with Gasteiger partial charge in [0.2, 0.25) is 0 Å². The Morgan fingerprint density at radius 3 is 2.32 bits per heavy atom. The van der Waals surface area contributed by atoms with Gasteiger partial charge in [0.15, 0.2) is 0 Å². The second-order valence-electron chi connectivity index (χ2n) is 4.54. The fourth-order valence-corrected chi connectivity index (χ4v) is 2.41. The molecule has 1 heterocycles. The number of nitrogens with two attached hydrogens (primary N) is 1. The summed E-state index contributed by atoms with van der Waals surface area (Å²) in [5.74, 6) is 0.0478. The molecule has 0 aromatic heterocycles. The number of thiocarbonyl (C=S) groups is 1. The largest absolute Gasteiger partial charge is 0.392 e. The Morgan fingerprint density at radius 2 is 1.79 bits per heavy atom. The van der Waals surface area contributed by atoms with Gasteiger partial charge < -0.3 is 10.6 Å². The van der Waals surface area contributed by atoms with Crippen LogP contribution in [0.3, 0.4) is 0 Å². The highest BCUT2D eigenvalue weighted by molar-refractivity contribution is 7.80. The van der Waals surface area contributed by atoms with Crippen LogP contribution in [0.25, 0.3) is 0 Å². The summed E-state index contributed by atoms with van der Waals surface area (Å²) in [5, 5.41) is 0.637. The zero-order valence-corrected chi connectivity index (χ0v) is 12.1. The third kappa shape index (κ3) is 3.89. The Hall–Kier alpha value is -1.17. The van der Waals surface area contributed by atoms with E-state index in [0.717, 1.165) is 13.1 Å². The van der Waals surface area contributed by atoms with E-state index in [4.69, 9.17) is 29.6 Å². The van der Waals surface area contributed by atoms with Crippen molar-refractivity contribution in [2.75, 3.05) is 32.7 Å². The molecular weight excluding hydrogens is 282 g/mol. The van der Waals surface area contributed by atoms with Crippen LogP contribution in [0.4, 0.5) is 0 Å². The molecule has 0 unspecified atom stereocenters. The summed E-state index contributed by atoms with van der Waals surface area (Å²) in [6.45, 7) is 3.62. The number of rotatable bonds is 3. The lowest BCUT2D eigenvalue weighted by Gasteiger charge is -2.34. The maximum absolute atomic E-state index is 12.3. The zero-order chi connectivity index (χ0) is 13.8. The van der Waals surface area contributed by atoms with E-state index >= 15 is 0 Å². The van der Waals surface area contributed by atoms with Crippen molar-refractivity contribution in [1.82, 2.24) is 9.80 Å². The van der Waals surface area contributed by atoms with E-state index in [9.17, 15) is 4.79 Å². The SMILES string of the molecule is NC(=S)CN1CCN(C(=O)c2ccc(Cl)cc2)CC1. The van der Waals surface area contributed by atoms with Gasteiger partial charge in [0.05, 0.1) is 4.99 Å². The van der Waals surface area contributed by atoms with Crippen LogP contribution in [0.1, 0.15) is 10.4 Å². The van der Waals surface area contributed by atoms with Gasteiger partial charge in [-0.05, 0) is 24.3 Å². The number of benzene rings is 1. The lowest BCUT2D eigenvalue weighted by atomic mass is 10.2. The van der Waals surface area contributed by atoms with E-state index in [1.807, 2.05) is 4.90 Å². The molecule has 0 spiro atoms. The van der Waals surface area contributed by atoms with E-state index < -0.39 is 0 Å². The van der Waals surface area contributed by atoms with Crippen molar-refractivity contribution < 1.29 is 4.79 Å². The maximum Gasteiger partial charge on any atom is 0.253 e. The van der Waals surface area contributed by atoms with Crippen LogP contribution in [-0.2, 0) is 0 Å². The monoisotopic (exact) mass is 297 g/mol. The van der Waals surface area contributed by atoms with Gasteiger partial charge in [0, 0.05) is 43.3 Å². The van der Waals surface area contributed by atoms with Gasteiger partial charge in [-0.25, -0.2) is 0 Å². The molecular formula is C13H16ClN3OS. The van der Waals surface area contributed by atoms with Crippen molar-refractivity contribution in [1.29, 1.82) is 0 Å². The number of piperazine rings is 1. The number of amides is 1. The number of carbonyl (C=O) groups excluding carboxylic acids is 1. The molecule has 1 aliphatic rings. The zero-order valence-electron chi connectivity index (χ0n) is 10.5. The molecule has 6 heteroatoms. The molecule has 0 atom stereocenters. The standard InChI is InChI=1S/C13H16ClN3OS/c14-11-3-1-10(2-4-11)13(18)17-7-5-16(6-8-17)9-12(15)19/h1-4H,5-9H2,(H2,15,19). The lowest BCUT2D eigenvalue weighted by Crippen LogP contribution is -2.50. The van der Waals surface area contributed by atoms with Crippen LogP contribution in [0.15, 0.2) is 24.3 Å². The van der Waals surface area contributed by atoms with Crippen LogP contribution >= 0.6 is 23.8 Å². The summed E-state index contributed by atoms with van der Waals surface area (Å²) in [7, 11) is 0. The van der Waals surface area contributed by atoms with Crippen molar-refractivity contribution >= 4 is 34.7 Å². The van der Waals surface area contributed by atoms with E-state index in [1.165, 1.54) is 0 Å². The Bertz CT molecular complexity index is 469. The fourth-order valence-electron chi connectivity index (χ4n) is 2.10. The minimum absolute atomic E-state index is 0.0478. The van der Waals surface area contributed by atoms with Gasteiger partial charge in [-0.15, -0.1) is 0 Å². The van der Waals surface area contributed by atoms with Crippen molar-refractivity contribution in [2.45, 2.75) is 0 Å². The quantitative estimate of drug-likeness (QED) is 0.857. The first kappa shape index (κ1) is 14.2. The summed E-state index contributed by atoms with van der Waals surface area (Å²) < 4.78 is 0. The second kappa shape index (κ2) is 6.32. The molecule has 1 fully saturated rings. The molecule has 0 saturated carbocycles. The number of hydrogen-bond acceptors (Lipinski definition) is 3. The van der Waals surface area contributed by atoms with Crippen LogP contribution in [0.2, 0.25) is 5.02 Å². The number of carbonyl (C=O) groups is 1. The number of halogens is 1. The third-order valence-corrected chi connectivity index (χ3v) is 3.51. The molecule has 1 aromatic carbocycles. The van der Waals surface area contributed by atoms with Crippen molar-refractivity contribution in [3.8, 4) is 0 Å². The van der Waals surface area contributed by atoms with Crippen molar-refractivity contribution in [3.63, 3.8) is 0 Å². The first-order chi connectivity index (χ1) is 9.06. The van der Waals surface area contributed by atoms with E-state index in [1.54, 1.807) is 24.3 Å². The summed E-state index contributed by atoms with van der Waals surface area (Å²) in [5.41, 5.74) is 6.19. The van der Waals surface area contributed by atoms with Crippen molar-refractivity contribution in [3.05, 3.63) is 34.9 Å². The molecule has 2 N–H and O–H groups in total. The average Bonchev–Trinajstić information content (AvgIpc) is 2.39. The highest BCUT2D eigenvalue weighted by atomic mass is 35.5. The van der Waals surface area contributed by atoms with Crippen LogP contribution in [0.5, 0.6) is 0 Å². The molecule has 1 aromatic rings. The number of nitrogens with zero attached hydrogens (tertiary/aromatic N) is 2. The van der Waals surface area contributed by atoms with Crippen LogP contribution < -0.4 is 5.73 Å². The summed E-state index contributed by atoms with van der Waals surface area (Å²) in [4.78, 5) is 16.8. The molecule has 2 rings (SSSR count). The molecule has 1 aliphatic heterocycles. The summed E-state index contributed by atoms with van der Waals surface area (Å²) >= 11 is 10.7. The molecule has 102 valence electrons. The minimum atomic E-state index is 0.0478. The Balaban J connectivity index is 1.92. The normalized spacial score (nSPS) is 16.4. The van der Waals surface area contributed by atoms with Gasteiger partial charge in [-0.1, -0.05) is 23.8 Å². The topological polar surface area (TPSA) is 49.6 Å². The highest BCUT2D eigenvalue weighted by Gasteiger charge is 2.22. The van der Waals surface area contributed by atoms with Gasteiger partial charge in [-0.3, -0.25) is 9.69 Å². The van der Waals surface area contributed by atoms with E-state index in [-0.39, 0.29) is 5.91 Å². The van der Waals surface area contributed by atoms with Gasteiger partial charge in [-0.2, -0.15) is 0 Å². The number of hydrogen-bond donors (Lipinski definition) is 1. The van der Waals surface area contributed by atoms with E-state index in [0.29, 0.717) is 35.2 Å². The summed E-state index contributed by atoms with van der Waals surface area (Å²) in [6, 6.07) is 6.98. The van der Waals surface area contributed by atoms with Crippen molar-refractivity contribution in [2.24, 2.45) is 5.73 Å². The predicted molar refractivity (Wildman–Crippen MR) is 80.6 cm³/mol. The average molecular weight is 298 g/mol. The molecule has 4 nitrogen and oxygen atoms in total. The molecule has 19 heavy (non-hydrogen) atoms. The first-order valence-electron chi connectivity index (χ1n) is 6.12. The van der Waals surface area contributed by atoms with Gasteiger partial charge in [0.1, 0.15) is 0 Å². The Kier molecular flexibility index (Phi) is 4.74. The molecule has 0 bridgehead atoms. The summed E-state index contributed by atoms with van der Waals surface area (Å²) in [6.07, 6.45) is 0. The van der Waals surface area contributed by atoms with Gasteiger partial charge in [0.25, 0.3) is 5.91 Å². The fraction of sp³-hybridized carbons (Fsp3) is 0.385. The van der Waals surface area contributed by atoms with E-state index in [2.05, 4.69) is 4.90 Å². The highest BCUT2D eigenvalue weighted by Crippen LogP contribution is 2.13.